The van der Waals surface area contributed by atoms with Crippen molar-refractivity contribution >= 4 is 23.0 Å². The fourth-order valence-corrected chi connectivity index (χ4v) is 4.93. The van der Waals surface area contributed by atoms with Crippen LogP contribution < -0.4 is 15.0 Å². The van der Waals surface area contributed by atoms with Gasteiger partial charge in [-0.05, 0) is 92.3 Å². The summed E-state index contributed by atoms with van der Waals surface area (Å²) in [5.41, 5.74) is 6.59. The lowest BCUT2D eigenvalue weighted by Gasteiger charge is -2.29. The summed E-state index contributed by atoms with van der Waals surface area (Å²) in [6.45, 7) is 4.23. The largest absolute Gasteiger partial charge is 0.497 e. The topological polar surface area (TPSA) is 42.3 Å². The number of ether oxygens (including phenoxy) is 1. The molecular weight excluding hydrogens is 428 g/mol. The van der Waals surface area contributed by atoms with Crippen molar-refractivity contribution in [3.05, 3.63) is 108 Å². The Morgan fingerprint density at radius 1 is 0.909 bits per heavy atom. The van der Waals surface area contributed by atoms with Crippen molar-refractivity contribution in [3.63, 3.8) is 0 Å². The van der Waals surface area contributed by atoms with Gasteiger partial charge in [-0.2, -0.15) is 0 Å². The number of anilines is 1. The highest BCUT2D eigenvalue weighted by atomic mass is 32.1. The number of rotatable bonds is 5. The number of nitrogens with zero attached hydrogens (tertiary/aromatic N) is 3. The Morgan fingerprint density at radius 2 is 1.73 bits per heavy atom. The van der Waals surface area contributed by atoms with E-state index in [0.29, 0.717) is 5.11 Å². The second-order valence-electron chi connectivity index (χ2n) is 8.27. The van der Waals surface area contributed by atoms with E-state index in [0.717, 1.165) is 34.2 Å². The molecule has 33 heavy (non-hydrogen) atoms. The first-order chi connectivity index (χ1) is 16.1. The molecule has 5 nitrogen and oxygen atoms in total. The molecule has 1 fully saturated rings. The van der Waals surface area contributed by atoms with Gasteiger partial charge in [0.2, 0.25) is 0 Å². The summed E-state index contributed by atoms with van der Waals surface area (Å²) < 4.78 is 7.66. The maximum Gasteiger partial charge on any atom is 0.174 e. The zero-order chi connectivity index (χ0) is 22.9. The molecule has 0 radical (unpaired) electrons. The van der Waals surface area contributed by atoms with Gasteiger partial charge >= 0.3 is 0 Å². The lowest BCUT2D eigenvalue weighted by Crippen LogP contribution is -2.30. The Hall–Kier alpha value is -3.64. The van der Waals surface area contributed by atoms with E-state index >= 15 is 0 Å². The van der Waals surface area contributed by atoms with Gasteiger partial charge in [0.1, 0.15) is 11.8 Å². The molecule has 2 aromatic heterocycles. The van der Waals surface area contributed by atoms with Crippen LogP contribution in [-0.2, 0) is 0 Å². The fraction of sp³-hybridized carbons (Fsp3) is 0.185. The number of hydrogen-bond acceptors (Lipinski definition) is 3. The van der Waals surface area contributed by atoms with Gasteiger partial charge in [-0.3, -0.25) is 4.98 Å². The second-order valence-corrected chi connectivity index (χ2v) is 8.66. The van der Waals surface area contributed by atoms with Crippen molar-refractivity contribution in [2.24, 2.45) is 0 Å². The van der Waals surface area contributed by atoms with E-state index in [9.17, 15) is 0 Å². The number of pyridine rings is 1. The molecule has 2 atom stereocenters. The summed E-state index contributed by atoms with van der Waals surface area (Å²) >= 11 is 5.88. The molecule has 0 spiro atoms. The molecule has 5 rings (SSSR count). The maximum absolute atomic E-state index is 5.88. The fourth-order valence-electron chi connectivity index (χ4n) is 4.58. The summed E-state index contributed by atoms with van der Waals surface area (Å²) in [5.74, 6) is 0.835. The monoisotopic (exact) mass is 454 g/mol. The molecular formula is C27H26N4OS. The predicted octanol–water partition coefficient (Wildman–Crippen LogP) is 5.67. The van der Waals surface area contributed by atoms with Crippen LogP contribution in [-0.4, -0.2) is 21.8 Å². The van der Waals surface area contributed by atoms with Gasteiger partial charge in [0.05, 0.1) is 18.8 Å². The molecule has 0 amide bonds. The van der Waals surface area contributed by atoms with Crippen LogP contribution in [0.2, 0.25) is 0 Å². The van der Waals surface area contributed by atoms with Crippen LogP contribution in [0.1, 0.15) is 34.7 Å². The van der Waals surface area contributed by atoms with E-state index in [1.807, 2.05) is 30.5 Å². The Labute approximate surface area is 199 Å². The molecule has 1 N–H and O–H groups in total. The number of benzene rings is 2. The maximum atomic E-state index is 5.88. The minimum Gasteiger partial charge on any atom is -0.497 e. The van der Waals surface area contributed by atoms with E-state index in [1.54, 1.807) is 7.11 Å². The summed E-state index contributed by atoms with van der Waals surface area (Å²) in [4.78, 5) is 6.89. The first kappa shape index (κ1) is 21.2. The minimum atomic E-state index is -0.0921. The first-order valence-electron chi connectivity index (χ1n) is 11.0. The third kappa shape index (κ3) is 3.87. The van der Waals surface area contributed by atoms with Crippen LogP contribution >= 0.6 is 12.2 Å². The average Bonchev–Trinajstić information content (AvgIpc) is 3.39. The zero-order valence-electron chi connectivity index (χ0n) is 18.9. The van der Waals surface area contributed by atoms with Crippen molar-refractivity contribution in [2.45, 2.75) is 25.9 Å². The van der Waals surface area contributed by atoms with Gasteiger partial charge in [0.25, 0.3) is 0 Å². The third-order valence-corrected chi connectivity index (χ3v) is 6.43. The Kier molecular flexibility index (Phi) is 5.60. The summed E-state index contributed by atoms with van der Waals surface area (Å²) in [5, 5.41) is 4.25. The number of methoxy groups -OCH3 is 1. The van der Waals surface area contributed by atoms with Gasteiger partial charge in [-0.15, -0.1) is 0 Å². The molecule has 0 bridgehead atoms. The number of aryl methyl sites for hydroxylation is 2. The Bertz CT molecular complexity index is 1280. The molecule has 6 heteroatoms. The first-order valence-corrected chi connectivity index (χ1v) is 11.4. The zero-order valence-corrected chi connectivity index (χ0v) is 19.7. The molecule has 3 heterocycles. The van der Waals surface area contributed by atoms with Crippen molar-refractivity contribution in [2.75, 3.05) is 12.0 Å². The normalized spacial score (nSPS) is 17.8. The van der Waals surface area contributed by atoms with Gasteiger partial charge in [0.15, 0.2) is 5.11 Å². The second kappa shape index (κ2) is 8.71. The van der Waals surface area contributed by atoms with E-state index in [4.69, 9.17) is 17.0 Å². The van der Waals surface area contributed by atoms with Gasteiger partial charge in [-0.25, -0.2) is 0 Å². The Morgan fingerprint density at radius 3 is 2.42 bits per heavy atom. The molecule has 0 saturated carbocycles. The number of nitrogens with one attached hydrogen (secondary N) is 1. The van der Waals surface area contributed by atoms with Gasteiger partial charge in [-0.1, -0.05) is 18.2 Å². The molecule has 1 aliphatic rings. The predicted molar refractivity (Wildman–Crippen MR) is 136 cm³/mol. The van der Waals surface area contributed by atoms with Crippen molar-refractivity contribution in [3.8, 4) is 11.4 Å². The summed E-state index contributed by atoms with van der Waals surface area (Å²) in [6.07, 6.45) is 1.83. The summed E-state index contributed by atoms with van der Waals surface area (Å²) in [7, 11) is 1.68. The molecule has 1 saturated heterocycles. The highest BCUT2D eigenvalue weighted by Gasteiger charge is 2.42. The standard InChI is InChI=1S/C27H26N4OS/c1-18-7-6-8-21(17-18)31-26(25(29-27(31)33)23-9-4-5-16-28-23)24-15-10-19(2)30(24)20-11-13-22(32-3)14-12-20/h4-17,25-26H,1-3H3,(H,29,33). The molecule has 0 aliphatic carbocycles. The number of aromatic nitrogens is 2. The molecule has 2 unspecified atom stereocenters. The van der Waals surface area contributed by atoms with Crippen molar-refractivity contribution in [1.29, 1.82) is 0 Å². The van der Waals surface area contributed by atoms with Crippen molar-refractivity contribution < 1.29 is 4.74 Å². The van der Waals surface area contributed by atoms with Gasteiger partial charge in [0, 0.05) is 29.0 Å². The van der Waals surface area contributed by atoms with Crippen LogP contribution in [0, 0.1) is 13.8 Å². The average molecular weight is 455 g/mol. The smallest absolute Gasteiger partial charge is 0.174 e. The van der Waals surface area contributed by atoms with Crippen molar-refractivity contribution in [1.82, 2.24) is 14.9 Å². The number of thiocarbonyl (C=S) groups is 1. The van der Waals surface area contributed by atoms with E-state index < -0.39 is 0 Å². The number of hydrogen-bond donors (Lipinski definition) is 1. The summed E-state index contributed by atoms with van der Waals surface area (Å²) in [6, 6.07) is 26.8. The van der Waals surface area contributed by atoms with E-state index in [2.05, 4.69) is 88.2 Å². The highest BCUT2D eigenvalue weighted by Crippen LogP contribution is 2.43. The molecule has 166 valence electrons. The highest BCUT2D eigenvalue weighted by molar-refractivity contribution is 7.80. The third-order valence-electron chi connectivity index (χ3n) is 6.12. The van der Waals surface area contributed by atoms with E-state index in [1.165, 1.54) is 5.56 Å². The van der Waals surface area contributed by atoms with Crippen LogP contribution in [0.25, 0.3) is 5.69 Å². The van der Waals surface area contributed by atoms with E-state index in [-0.39, 0.29) is 12.1 Å². The lowest BCUT2D eigenvalue weighted by molar-refractivity contribution is 0.414. The quantitative estimate of drug-likeness (QED) is 0.393. The molecule has 2 aromatic carbocycles. The van der Waals surface area contributed by atoms with Crippen LogP contribution in [0.15, 0.2) is 85.1 Å². The van der Waals surface area contributed by atoms with Crippen LogP contribution in [0.4, 0.5) is 5.69 Å². The van der Waals surface area contributed by atoms with Crippen LogP contribution in [0.5, 0.6) is 5.75 Å². The molecule has 4 aromatic rings. The van der Waals surface area contributed by atoms with Gasteiger partial charge < -0.3 is 19.5 Å². The molecule has 1 aliphatic heterocycles. The SMILES string of the molecule is COc1ccc(-n2c(C)ccc2C2C(c3ccccn3)NC(=S)N2c2cccc(C)c2)cc1. The minimum absolute atomic E-state index is 0.0787. The Balaban J connectivity index is 1.68. The lowest BCUT2D eigenvalue weighted by atomic mass is 10.0. The van der Waals surface area contributed by atoms with Crippen LogP contribution in [0.3, 0.4) is 0 Å².